The molecule has 1 aromatic rings. The SMILES string of the molecule is NCC(c1ccsc1)N1CCCCO1. The predicted octanol–water partition coefficient (Wildman–Crippen LogP) is 1.78. The highest BCUT2D eigenvalue weighted by molar-refractivity contribution is 7.07. The summed E-state index contributed by atoms with van der Waals surface area (Å²) < 4.78 is 0. The van der Waals surface area contributed by atoms with E-state index in [0.717, 1.165) is 19.6 Å². The zero-order valence-electron chi connectivity index (χ0n) is 8.19. The van der Waals surface area contributed by atoms with E-state index in [9.17, 15) is 0 Å². The van der Waals surface area contributed by atoms with Gasteiger partial charge in [-0.15, -0.1) is 0 Å². The van der Waals surface area contributed by atoms with E-state index in [2.05, 4.69) is 16.8 Å². The van der Waals surface area contributed by atoms with Gasteiger partial charge in [0.05, 0.1) is 12.6 Å². The van der Waals surface area contributed by atoms with E-state index in [-0.39, 0.29) is 6.04 Å². The lowest BCUT2D eigenvalue weighted by molar-refractivity contribution is -0.206. The molecule has 4 heteroatoms. The maximum absolute atomic E-state index is 5.78. The molecule has 2 heterocycles. The van der Waals surface area contributed by atoms with E-state index >= 15 is 0 Å². The van der Waals surface area contributed by atoms with Gasteiger partial charge in [0.15, 0.2) is 0 Å². The Kier molecular flexibility index (Phi) is 3.53. The van der Waals surface area contributed by atoms with Crippen molar-refractivity contribution in [1.82, 2.24) is 5.06 Å². The molecule has 1 unspecified atom stereocenters. The van der Waals surface area contributed by atoms with Crippen LogP contribution >= 0.6 is 11.3 Å². The molecule has 1 fully saturated rings. The number of hydrogen-bond acceptors (Lipinski definition) is 4. The summed E-state index contributed by atoms with van der Waals surface area (Å²) in [5.74, 6) is 0. The Hall–Kier alpha value is -0.420. The number of hydrogen-bond donors (Lipinski definition) is 1. The van der Waals surface area contributed by atoms with Gasteiger partial charge in [-0.05, 0) is 35.2 Å². The van der Waals surface area contributed by atoms with Gasteiger partial charge in [-0.25, -0.2) is 0 Å². The highest BCUT2D eigenvalue weighted by Gasteiger charge is 2.22. The Morgan fingerprint density at radius 1 is 1.57 bits per heavy atom. The average Bonchev–Trinajstić information content (AvgIpc) is 2.74. The lowest BCUT2D eigenvalue weighted by Crippen LogP contribution is -2.37. The van der Waals surface area contributed by atoms with Crippen LogP contribution in [0.3, 0.4) is 0 Å². The lowest BCUT2D eigenvalue weighted by atomic mass is 10.1. The van der Waals surface area contributed by atoms with Gasteiger partial charge in [0.1, 0.15) is 0 Å². The summed E-state index contributed by atoms with van der Waals surface area (Å²) in [7, 11) is 0. The molecule has 0 radical (unpaired) electrons. The fraction of sp³-hybridized carbons (Fsp3) is 0.600. The Balaban J connectivity index is 2.04. The lowest BCUT2D eigenvalue weighted by Gasteiger charge is -2.32. The third kappa shape index (κ3) is 2.15. The summed E-state index contributed by atoms with van der Waals surface area (Å²) >= 11 is 1.71. The number of thiophene rings is 1. The van der Waals surface area contributed by atoms with Crippen molar-refractivity contribution in [2.45, 2.75) is 18.9 Å². The molecule has 14 heavy (non-hydrogen) atoms. The highest BCUT2D eigenvalue weighted by atomic mass is 32.1. The van der Waals surface area contributed by atoms with E-state index in [4.69, 9.17) is 10.6 Å². The van der Waals surface area contributed by atoms with E-state index in [1.54, 1.807) is 11.3 Å². The molecule has 0 aliphatic carbocycles. The van der Waals surface area contributed by atoms with Crippen molar-refractivity contribution in [3.63, 3.8) is 0 Å². The molecule has 1 aliphatic heterocycles. The third-order valence-electron chi connectivity index (χ3n) is 2.53. The topological polar surface area (TPSA) is 38.5 Å². The largest absolute Gasteiger partial charge is 0.329 e. The van der Waals surface area contributed by atoms with Crippen LogP contribution in [0.1, 0.15) is 24.4 Å². The summed E-state index contributed by atoms with van der Waals surface area (Å²) in [6.07, 6.45) is 2.37. The average molecular weight is 212 g/mol. The first kappa shape index (κ1) is 10.1. The van der Waals surface area contributed by atoms with E-state index in [1.165, 1.54) is 12.0 Å². The van der Waals surface area contributed by atoms with Crippen LogP contribution in [0.25, 0.3) is 0 Å². The highest BCUT2D eigenvalue weighted by Crippen LogP contribution is 2.24. The fourth-order valence-electron chi connectivity index (χ4n) is 1.75. The second-order valence-corrected chi connectivity index (χ2v) is 4.27. The molecule has 1 saturated heterocycles. The fourth-order valence-corrected chi connectivity index (χ4v) is 2.45. The number of hydroxylamine groups is 2. The molecule has 1 atom stereocenters. The molecule has 0 amide bonds. The summed E-state index contributed by atoms with van der Waals surface area (Å²) in [5.41, 5.74) is 7.06. The van der Waals surface area contributed by atoms with Crippen LogP contribution in [-0.4, -0.2) is 24.8 Å². The van der Waals surface area contributed by atoms with Crippen molar-refractivity contribution in [2.24, 2.45) is 5.73 Å². The van der Waals surface area contributed by atoms with Crippen molar-refractivity contribution in [1.29, 1.82) is 0 Å². The van der Waals surface area contributed by atoms with E-state index < -0.39 is 0 Å². The first-order valence-electron chi connectivity index (χ1n) is 5.03. The van der Waals surface area contributed by atoms with Gasteiger partial charge in [0, 0.05) is 13.1 Å². The van der Waals surface area contributed by atoms with Crippen molar-refractivity contribution < 1.29 is 4.84 Å². The molecule has 3 nitrogen and oxygen atoms in total. The van der Waals surface area contributed by atoms with Gasteiger partial charge in [-0.2, -0.15) is 16.4 Å². The first-order chi connectivity index (χ1) is 6.92. The van der Waals surface area contributed by atoms with Gasteiger partial charge in [-0.3, -0.25) is 4.84 Å². The van der Waals surface area contributed by atoms with E-state index in [1.807, 2.05) is 5.06 Å². The van der Waals surface area contributed by atoms with Gasteiger partial charge in [0.25, 0.3) is 0 Å². The van der Waals surface area contributed by atoms with Crippen LogP contribution in [0, 0.1) is 0 Å². The summed E-state index contributed by atoms with van der Waals surface area (Å²) in [4.78, 5) is 5.61. The normalized spacial score (nSPS) is 20.9. The monoisotopic (exact) mass is 212 g/mol. The van der Waals surface area contributed by atoms with Crippen molar-refractivity contribution >= 4 is 11.3 Å². The molecule has 0 aromatic carbocycles. The van der Waals surface area contributed by atoms with Crippen LogP contribution in [0.4, 0.5) is 0 Å². The Morgan fingerprint density at radius 3 is 3.07 bits per heavy atom. The predicted molar refractivity (Wildman–Crippen MR) is 58.0 cm³/mol. The Labute approximate surface area is 88.4 Å². The van der Waals surface area contributed by atoms with Crippen LogP contribution in [-0.2, 0) is 4.84 Å². The number of nitrogens with zero attached hydrogens (tertiary/aromatic N) is 1. The standard InChI is InChI=1S/C10H16N2OS/c11-7-10(9-3-6-14-8-9)12-4-1-2-5-13-12/h3,6,8,10H,1-2,4-5,7,11H2. The molecule has 2 rings (SSSR count). The van der Waals surface area contributed by atoms with Crippen LogP contribution in [0.2, 0.25) is 0 Å². The smallest absolute Gasteiger partial charge is 0.0732 e. The van der Waals surface area contributed by atoms with E-state index in [0.29, 0.717) is 6.54 Å². The minimum atomic E-state index is 0.238. The number of nitrogens with two attached hydrogens (primary N) is 1. The molecule has 78 valence electrons. The van der Waals surface area contributed by atoms with Crippen molar-refractivity contribution in [2.75, 3.05) is 19.7 Å². The van der Waals surface area contributed by atoms with Crippen molar-refractivity contribution in [3.05, 3.63) is 22.4 Å². The number of rotatable bonds is 3. The van der Waals surface area contributed by atoms with Gasteiger partial charge in [-0.1, -0.05) is 0 Å². The van der Waals surface area contributed by atoms with Gasteiger partial charge < -0.3 is 5.73 Å². The first-order valence-corrected chi connectivity index (χ1v) is 5.98. The minimum Gasteiger partial charge on any atom is -0.329 e. The molecule has 0 saturated carbocycles. The second kappa shape index (κ2) is 4.89. The van der Waals surface area contributed by atoms with Crippen molar-refractivity contribution in [3.8, 4) is 0 Å². The molecule has 0 bridgehead atoms. The van der Waals surface area contributed by atoms with Crippen LogP contribution < -0.4 is 5.73 Å². The quantitative estimate of drug-likeness (QED) is 0.830. The molecular formula is C10H16N2OS. The minimum absolute atomic E-state index is 0.238. The maximum atomic E-state index is 5.78. The van der Waals surface area contributed by atoms with Crippen LogP contribution in [0.15, 0.2) is 16.8 Å². The van der Waals surface area contributed by atoms with Gasteiger partial charge in [0.2, 0.25) is 0 Å². The summed E-state index contributed by atoms with van der Waals surface area (Å²) in [6.45, 7) is 2.45. The summed E-state index contributed by atoms with van der Waals surface area (Å²) in [6, 6.07) is 2.36. The van der Waals surface area contributed by atoms with Gasteiger partial charge >= 0.3 is 0 Å². The Bertz CT molecular complexity index is 257. The second-order valence-electron chi connectivity index (χ2n) is 3.49. The van der Waals surface area contributed by atoms with Crippen LogP contribution in [0.5, 0.6) is 0 Å². The third-order valence-corrected chi connectivity index (χ3v) is 3.23. The molecule has 1 aromatic heterocycles. The molecule has 2 N–H and O–H groups in total. The zero-order chi connectivity index (χ0) is 9.80. The Morgan fingerprint density at radius 2 is 2.50 bits per heavy atom. The zero-order valence-corrected chi connectivity index (χ0v) is 9.00. The summed E-state index contributed by atoms with van der Waals surface area (Å²) in [5, 5.41) is 6.27. The molecule has 0 spiro atoms. The maximum Gasteiger partial charge on any atom is 0.0732 e. The molecule has 1 aliphatic rings. The molecular weight excluding hydrogens is 196 g/mol.